The Morgan fingerprint density at radius 1 is 1.00 bits per heavy atom. The highest BCUT2D eigenvalue weighted by Crippen LogP contribution is 2.41. The fourth-order valence-electron chi connectivity index (χ4n) is 5.21. The molecule has 2 aliphatic rings. The number of ether oxygens (including phenoxy) is 1. The molecule has 3 aromatic carbocycles. The fraction of sp³-hybridized carbons (Fsp3) is 0.378. The molecule has 0 spiro atoms. The molecule has 3 N–H and O–H groups in total. The van der Waals surface area contributed by atoms with Crippen LogP contribution in [-0.2, 0) is 22.4 Å². The van der Waals surface area contributed by atoms with Gasteiger partial charge in [0.25, 0.3) is 0 Å². The number of aliphatic hydroxyl groups excluding tert-OH is 1. The van der Waals surface area contributed by atoms with E-state index in [0.29, 0.717) is 6.42 Å². The first-order valence-electron chi connectivity index (χ1n) is 15.4. The van der Waals surface area contributed by atoms with Gasteiger partial charge in [-0.25, -0.2) is 0 Å². The number of nitrogens with zero attached hydrogens (tertiary/aromatic N) is 1. The second kappa shape index (κ2) is 17.3. The van der Waals surface area contributed by atoms with Crippen molar-refractivity contribution in [1.29, 1.82) is 0 Å². The summed E-state index contributed by atoms with van der Waals surface area (Å²) in [6.07, 6.45) is 3.66. The summed E-state index contributed by atoms with van der Waals surface area (Å²) in [6, 6.07) is 25.1. The molecule has 1 fully saturated rings. The zero-order valence-corrected chi connectivity index (χ0v) is 26.6. The van der Waals surface area contributed by atoms with Crippen LogP contribution < -0.4 is 10.2 Å². The average molecular weight is 584 g/mol. The van der Waals surface area contributed by atoms with Crippen molar-refractivity contribution in [3.8, 4) is 0 Å². The van der Waals surface area contributed by atoms with Crippen LogP contribution in [0.2, 0.25) is 0 Å². The number of H-pyrrole nitrogens is 1. The number of carbonyl (C=O) groups is 1. The van der Waals surface area contributed by atoms with Crippen LogP contribution in [0, 0.1) is 13.8 Å². The van der Waals surface area contributed by atoms with Gasteiger partial charge in [0.05, 0.1) is 25.0 Å². The lowest BCUT2D eigenvalue weighted by Crippen LogP contribution is -2.36. The zero-order valence-electron chi connectivity index (χ0n) is 26.6. The van der Waals surface area contributed by atoms with Gasteiger partial charge in [-0.05, 0) is 74.6 Å². The van der Waals surface area contributed by atoms with Gasteiger partial charge in [0.2, 0.25) is 0 Å². The van der Waals surface area contributed by atoms with Crippen LogP contribution in [0.4, 0.5) is 5.69 Å². The predicted octanol–water partition coefficient (Wildman–Crippen LogP) is 7.78. The van der Waals surface area contributed by atoms with Crippen molar-refractivity contribution in [2.24, 2.45) is 0 Å². The molecule has 1 unspecified atom stereocenters. The van der Waals surface area contributed by atoms with E-state index >= 15 is 0 Å². The number of hydrogen-bond donors (Lipinski definition) is 3. The van der Waals surface area contributed by atoms with Gasteiger partial charge >= 0.3 is 0 Å². The van der Waals surface area contributed by atoms with Crippen LogP contribution in [0.3, 0.4) is 0 Å². The molecule has 0 radical (unpaired) electrons. The minimum Gasteiger partial charge on any atom is -0.513 e. The highest BCUT2D eigenvalue weighted by atomic mass is 16.5. The third-order valence-corrected chi connectivity index (χ3v) is 7.36. The molecule has 6 rings (SSSR count). The number of aryl methyl sites for hydroxylation is 3. The Morgan fingerprint density at radius 3 is 2.12 bits per heavy atom. The SMILES string of the molecule is C1COCCN1.C=C(C)O.CCC=O.CCc1ccc(N2CCc3c([nH]c4ccc(C)cc34)C2c2ccc(C)cc2)cc1. The van der Waals surface area contributed by atoms with Crippen molar-refractivity contribution < 1.29 is 14.6 Å². The van der Waals surface area contributed by atoms with Crippen LogP contribution in [-0.4, -0.2) is 49.2 Å². The van der Waals surface area contributed by atoms with Gasteiger partial charge in [-0.2, -0.15) is 0 Å². The lowest BCUT2D eigenvalue weighted by molar-refractivity contribution is -0.107. The third-order valence-electron chi connectivity index (χ3n) is 7.36. The lowest BCUT2D eigenvalue weighted by Gasteiger charge is -2.38. The number of allylic oxidation sites excluding steroid dienone is 1. The van der Waals surface area contributed by atoms with E-state index < -0.39 is 0 Å². The number of anilines is 1. The van der Waals surface area contributed by atoms with Gasteiger partial charge < -0.3 is 29.8 Å². The second-order valence-electron chi connectivity index (χ2n) is 11.0. The average Bonchev–Trinajstić information content (AvgIpc) is 3.40. The number of nitrogens with one attached hydrogen (secondary N) is 2. The third kappa shape index (κ3) is 9.84. The lowest BCUT2D eigenvalue weighted by atomic mass is 9.91. The first-order valence-corrected chi connectivity index (χ1v) is 15.4. The Hall–Kier alpha value is -3.87. The van der Waals surface area contributed by atoms with Crippen molar-refractivity contribution in [3.05, 3.63) is 113 Å². The summed E-state index contributed by atoms with van der Waals surface area (Å²) in [5, 5.41) is 12.4. The minimum atomic E-state index is 0.167. The molecule has 2 aliphatic heterocycles. The van der Waals surface area contributed by atoms with Crippen molar-refractivity contribution in [2.45, 2.75) is 59.9 Å². The van der Waals surface area contributed by atoms with E-state index in [2.05, 4.69) is 109 Å². The first kappa shape index (κ1) is 33.6. The molecule has 1 saturated heterocycles. The summed E-state index contributed by atoms with van der Waals surface area (Å²) in [7, 11) is 0. The monoisotopic (exact) mass is 583 g/mol. The molecule has 3 heterocycles. The standard InChI is InChI=1S/C27H28N2.C4H9NO.2C3H6O/c1-4-20-8-12-22(13-9-20)29-16-15-23-24-17-19(3)7-14-25(24)28-26(23)27(29)21-10-5-18(2)6-11-21;1-3-6-4-2-5-1;1-3(2)4;1-2-3-4/h5-14,17,27-28H,4,15-16H2,1-3H3;5H,1-4H2;4H,1H2,2H3;3H,2H2,1H3. The van der Waals surface area contributed by atoms with E-state index in [0.717, 1.165) is 52.0 Å². The second-order valence-corrected chi connectivity index (χ2v) is 11.0. The number of hydrogen-bond acceptors (Lipinski definition) is 5. The van der Waals surface area contributed by atoms with E-state index in [1.165, 1.54) is 57.0 Å². The number of aliphatic hydroxyl groups is 1. The quantitative estimate of drug-likeness (QED) is 0.169. The predicted molar refractivity (Wildman–Crippen MR) is 180 cm³/mol. The minimum absolute atomic E-state index is 0.167. The normalized spacial score (nSPS) is 15.5. The topological polar surface area (TPSA) is 77.6 Å². The summed E-state index contributed by atoms with van der Waals surface area (Å²) in [6.45, 7) is 17.9. The highest BCUT2D eigenvalue weighted by Gasteiger charge is 2.31. The van der Waals surface area contributed by atoms with E-state index in [-0.39, 0.29) is 11.8 Å². The van der Waals surface area contributed by atoms with Crippen LogP contribution in [0.25, 0.3) is 10.9 Å². The van der Waals surface area contributed by atoms with Crippen molar-refractivity contribution >= 4 is 22.9 Å². The molecule has 0 aliphatic carbocycles. The van der Waals surface area contributed by atoms with E-state index in [9.17, 15) is 4.79 Å². The largest absolute Gasteiger partial charge is 0.513 e. The van der Waals surface area contributed by atoms with Gasteiger partial charge in [0.15, 0.2) is 0 Å². The van der Waals surface area contributed by atoms with Gasteiger partial charge in [0, 0.05) is 48.3 Å². The Labute approximate surface area is 257 Å². The number of carbonyl (C=O) groups excluding carboxylic acids is 1. The van der Waals surface area contributed by atoms with E-state index in [1.807, 2.05) is 6.92 Å². The van der Waals surface area contributed by atoms with Crippen LogP contribution >= 0.6 is 0 Å². The van der Waals surface area contributed by atoms with Crippen LogP contribution in [0.15, 0.2) is 79.1 Å². The molecular formula is C37H49N3O3. The zero-order chi connectivity index (χ0) is 31.2. The molecule has 6 heteroatoms. The number of benzene rings is 3. The first-order chi connectivity index (χ1) is 20.8. The number of fused-ring (bicyclic) bond motifs is 3. The molecule has 1 atom stereocenters. The van der Waals surface area contributed by atoms with Crippen molar-refractivity contribution in [2.75, 3.05) is 37.7 Å². The Bertz CT molecular complexity index is 1400. The molecule has 230 valence electrons. The Morgan fingerprint density at radius 2 is 1.60 bits per heavy atom. The number of aromatic amines is 1. The number of aldehydes is 1. The molecule has 0 amide bonds. The summed E-state index contributed by atoms with van der Waals surface area (Å²) in [5.41, 5.74) is 10.7. The van der Waals surface area contributed by atoms with Gasteiger partial charge in [0.1, 0.15) is 6.29 Å². The highest BCUT2D eigenvalue weighted by molar-refractivity contribution is 5.86. The number of morpholine rings is 1. The van der Waals surface area contributed by atoms with E-state index in [4.69, 9.17) is 9.84 Å². The molecule has 0 saturated carbocycles. The Balaban J connectivity index is 0.000000301. The Kier molecular flexibility index (Phi) is 13.5. The fourth-order valence-corrected chi connectivity index (χ4v) is 5.21. The smallest absolute Gasteiger partial charge is 0.119 e. The van der Waals surface area contributed by atoms with E-state index in [1.54, 1.807) is 0 Å². The molecule has 1 aromatic heterocycles. The summed E-state index contributed by atoms with van der Waals surface area (Å²) >= 11 is 0. The maximum absolute atomic E-state index is 9.17. The molecule has 0 bridgehead atoms. The van der Waals surface area contributed by atoms with Gasteiger partial charge in [-0.1, -0.05) is 74.0 Å². The van der Waals surface area contributed by atoms with Crippen LogP contribution in [0.1, 0.15) is 66.7 Å². The van der Waals surface area contributed by atoms with Crippen molar-refractivity contribution in [3.63, 3.8) is 0 Å². The number of rotatable bonds is 4. The van der Waals surface area contributed by atoms with Gasteiger partial charge in [-0.15, -0.1) is 0 Å². The summed E-state index contributed by atoms with van der Waals surface area (Å²) in [4.78, 5) is 15.5. The maximum atomic E-state index is 9.17. The summed E-state index contributed by atoms with van der Waals surface area (Å²) < 4.78 is 5.01. The number of aromatic nitrogens is 1. The maximum Gasteiger partial charge on any atom is 0.119 e. The molecule has 43 heavy (non-hydrogen) atoms. The summed E-state index contributed by atoms with van der Waals surface area (Å²) in [5.74, 6) is 0.167. The molecular weight excluding hydrogens is 534 g/mol. The van der Waals surface area contributed by atoms with Crippen molar-refractivity contribution in [1.82, 2.24) is 10.3 Å². The molecule has 6 nitrogen and oxygen atoms in total. The van der Waals surface area contributed by atoms with Crippen LogP contribution in [0.5, 0.6) is 0 Å². The van der Waals surface area contributed by atoms with Gasteiger partial charge in [-0.3, -0.25) is 0 Å². The molecule has 4 aromatic rings.